The summed E-state index contributed by atoms with van der Waals surface area (Å²) < 4.78 is 0. The maximum atomic E-state index is 4.76. The van der Waals surface area contributed by atoms with Crippen molar-refractivity contribution in [2.45, 2.75) is 152 Å². The van der Waals surface area contributed by atoms with E-state index in [9.17, 15) is 0 Å². The summed E-state index contributed by atoms with van der Waals surface area (Å²) in [4.78, 5) is 0. The minimum Gasteiger partial charge on any atom is -0.0990 e. The van der Waals surface area contributed by atoms with Gasteiger partial charge in [0.15, 0.2) is 0 Å². The Morgan fingerprint density at radius 1 is 0.875 bits per heavy atom. The van der Waals surface area contributed by atoms with Crippen LogP contribution in [0.4, 0.5) is 0 Å². The Hall–Kier alpha value is -0.780. The van der Waals surface area contributed by atoms with E-state index >= 15 is 0 Å². The van der Waals surface area contributed by atoms with E-state index in [-0.39, 0.29) is 0 Å². The first-order chi connectivity index (χ1) is 15.4. The molecule has 32 heavy (non-hydrogen) atoms. The van der Waals surface area contributed by atoms with Crippen molar-refractivity contribution in [3.63, 3.8) is 0 Å². The third-order valence-electron chi connectivity index (χ3n) is 7.61. The largest absolute Gasteiger partial charge is 0.0990 e. The van der Waals surface area contributed by atoms with Gasteiger partial charge in [0.25, 0.3) is 0 Å². The average molecular weight is 445 g/mol. The lowest BCUT2D eigenvalue weighted by Gasteiger charge is -2.45. The van der Waals surface area contributed by atoms with Crippen LogP contribution in [-0.2, 0) is 0 Å². The van der Waals surface area contributed by atoms with Crippen LogP contribution >= 0.6 is 0 Å². The van der Waals surface area contributed by atoms with E-state index in [2.05, 4.69) is 53.7 Å². The normalized spacial score (nSPS) is 17.8. The Bertz CT molecular complexity index is 528. The van der Waals surface area contributed by atoms with Gasteiger partial charge in [0.1, 0.15) is 0 Å². The number of hydrogen-bond donors (Lipinski definition) is 0. The zero-order valence-corrected chi connectivity index (χ0v) is 23.6. The Labute approximate surface area is 204 Å². The van der Waals surface area contributed by atoms with E-state index in [0.29, 0.717) is 11.3 Å². The molecule has 1 rings (SSSR count). The van der Waals surface area contributed by atoms with Gasteiger partial charge in [-0.2, -0.15) is 0 Å². The number of rotatable bonds is 17. The summed E-state index contributed by atoms with van der Waals surface area (Å²) >= 11 is 0. The predicted molar refractivity (Wildman–Crippen MR) is 149 cm³/mol. The minimum atomic E-state index is 0.408. The van der Waals surface area contributed by atoms with Gasteiger partial charge in [-0.1, -0.05) is 141 Å². The summed E-state index contributed by atoms with van der Waals surface area (Å²) in [5, 5.41) is 0. The highest BCUT2D eigenvalue weighted by Crippen LogP contribution is 2.51. The van der Waals surface area contributed by atoms with Crippen molar-refractivity contribution in [1.82, 2.24) is 0 Å². The van der Waals surface area contributed by atoms with Crippen molar-refractivity contribution in [3.05, 3.63) is 35.5 Å². The van der Waals surface area contributed by atoms with Gasteiger partial charge in [-0.15, -0.1) is 0 Å². The smallest absolute Gasteiger partial charge is 0.0116 e. The molecule has 0 heterocycles. The minimum absolute atomic E-state index is 0.408. The highest BCUT2D eigenvalue weighted by atomic mass is 14.4. The summed E-state index contributed by atoms with van der Waals surface area (Å²) in [7, 11) is 0. The van der Waals surface area contributed by atoms with Crippen molar-refractivity contribution in [3.8, 4) is 0 Å². The predicted octanol–water partition coefficient (Wildman–Crippen LogP) is 11.6. The first kappa shape index (κ1) is 31.2. The Morgan fingerprint density at radius 2 is 1.50 bits per heavy atom. The summed E-state index contributed by atoms with van der Waals surface area (Å²) in [5.41, 5.74) is 4.99. The number of unbranched alkanes of at least 4 members (excludes halogenated alkanes) is 6. The lowest BCUT2D eigenvalue weighted by atomic mass is 9.59. The maximum absolute atomic E-state index is 4.76. The molecule has 0 radical (unpaired) electrons. The van der Waals surface area contributed by atoms with Crippen LogP contribution in [0.2, 0.25) is 0 Å². The molecule has 1 saturated carbocycles. The molecule has 1 aliphatic carbocycles. The van der Waals surface area contributed by atoms with E-state index in [1.54, 1.807) is 11.1 Å². The van der Waals surface area contributed by atoms with Crippen LogP contribution in [0.3, 0.4) is 0 Å². The molecular formula is C32H60. The van der Waals surface area contributed by atoms with Gasteiger partial charge in [0.05, 0.1) is 0 Å². The average Bonchev–Trinajstić information content (AvgIpc) is 2.77. The molecule has 0 aliphatic heterocycles. The second-order valence-corrected chi connectivity index (χ2v) is 10.6. The molecule has 2 atom stereocenters. The maximum Gasteiger partial charge on any atom is -0.0116 e. The van der Waals surface area contributed by atoms with Gasteiger partial charge < -0.3 is 0 Å². The molecule has 0 spiro atoms. The lowest BCUT2D eigenvalue weighted by Crippen LogP contribution is -2.33. The highest BCUT2D eigenvalue weighted by Gasteiger charge is 2.39. The van der Waals surface area contributed by atoms with Crippen molar-refractivity contribution >= 4 is 0 Å². The first-order valence-electron chi connectivity index (χ1n) is 14.4. The molecule has 1 aliphatic rings. The van der Waals surface area contributed by atoms with E-state index in [1.165, 1.54) is 102 Å². The molecule has 0 aromatic carbocycles. The standard InChI is InChI=1S/C30H54.C2H6/c1-8-11-13-14-15-16-20-28(18-10-3)29(27(6)30(7)21-17-22-30)24-26(5)23-25(4)19-12-9-2;1-2/h19,23,28-29H,6,8-18,20-22,24H2,1-5,7H3;1-2H3/b25-19-,26-23+;. The van der Waals surface area contributed by atoms with Gasteiger partial charge >= 0.3 is 0 Å². The summed E-state index contributed by atoms with van der Waals surface area (Å²) in [6, 6.07) is 0. The lowest BCUT2D eigenvalue weighted by molar-refractivity contribution is 0.170. The topological polar surface area (TPSA) is 0 Å². The van der Waals surface area contributed by atoms with Crippen LogP contribution in [-0.4, -0.2) is 0 Å². The molecule has 0 N–H and O–H groups in total. The highest BCUT2D eigenvalue weighted by molar-refractivity contribution is 5.24. The zero-order chi connectivity index (χ0) is 24.4. The monoisotopic (exact) mass is 444 g/mol. The van der Waals surface area contributed by atoms with Gasteiger partial charge in [0, 0.05) is 0 Å². The van der Waals surface area contributed by atoms with Gasteiger partial charge in [-0.3, -0.25) is 0 Å². The Balaban J connectivity index is 0.00000466. The van der Waals surface area contributed by atoms with Gasteiger partial charge in [-0.05, 0) is 63.2 Å². The fourth-order valence-corrected chi connectivity index (χ4v) is 5.38. The van der Waals surface area contributed by atoms with Crippen LogP contribution in [0.5, 0.6) is 0 Å². The molecule has 188 valence electrons. The van der Waals surface area contributed by atoms with Gasteiger partial charge in [0.2, 0.25) is 0 Å². The van der Waals surface area contributed by atoms with Crippen LogP contribution < -0.4 is 0 Å². The van der Waals surface area contributed by atoms with E-state index in [1.807, 2.05) is 13.8 Å². The number of allylic oxidation sites excluding steroid dienone is 5. The van der Waals surface area contributed by atoms with E-state index in [4.69, 9.17) is 6.58 Å². The quantitative estimate of drug-likeness (QED) is 0.119. The zero-order valence-electron chi connectivity index (χ0n) is 23.6. The third kappa shape index (κ3) is 11.9. The molecule has 2 unspecified atom stereocenters. The van der Waals surface area contributed by atoms with Crippen molar-refractivity contribution in [2.75, 3.05) is 0 Å². The molecule has 1 fully saturated rings. The molecule has 0 bridgehead atoms. The molecule has 0 heteroatoms. The SMILES string of the molecule is C=C(C(C/C(C)=C/C(C)=C\CCC)C(CCC)CCCCCCCC)C1(C)CCC1.CC. The molecule has 0 amide bonds. The second-order valence-electron chi connectivity index (χ2n) is 10.6. The van der Waals surface area contributed by atoms with E-state index < -0.39 is 0 Å². The summed E-state index contributed by atoms with van der Waals surface area (Å²) in [5.74, 6) is 1.48. The van der Waals surface area contributed by atoms with E-state index in [0.717, 1.165) is 5.92 Å². The van der Waals surface area contributed by atoms with Crippen LogP contribution in [0.15, 0.2) is 35.5 Å². The first-order valence-corrected chi connectivity index (χ1v) is 14.4. The number of hydrogen-bond acceptors (Lipinski definition) is 0. The Morgan fingerprint density at radius 3 is 2.03 bits per heavy atom. The van der Waals surface area contributed by atoms with Crippen LogP contribution in [0, 0.1) is 17.3 Å². The molecule has 0 saturated heterocycles. The summed E-state index contributed by atoms with van der Waals surface area (Å²) in [6.07, 6.45) is 25.1. The van der Waals surface area contributed by atoms with Crippen molar-refractivity contribution in [1.29, 1.82) is 0 Å². The fraction of sp³-hybridized carbons (Fsp3) is 0.812. The van der Waals surface area contributed by atoms with Crippen molar-refractivity contribution in [2.24, 2.45) is 17.3 Å². The molecule has 0 aromatic heterocycles. The molecular weight excluding hydrogens is 384 g/mol. The van der Waals surface area contributed by atoms with Crippen LogP contribution in [0.1, 0.15) is 152 Å². The second kappa shape index (κ2) is 18.6. The molecule has 0 aromatic rings. The molecule has 0 nitrogen and oxygen atoms in total. The summed E-state index contributed by atoms with van der Waals surface area (Å²) in [6.45, 7) is 22.8. The van der Waals surface area contributed by atoms with Crippen LogP contribution in [0.25, 0.3) is 0 Å². The third-order valence-corrected chi connectivity index (χ3v) is 7.61. The van der Waals surface area contributed by atoms with Crippen molar-refractivity contribution < 1.29 is 0 Å². The Kier molecular flexibility index (Phi) is 18.2. The fourth-order valence-electron chi connectivity index (χ4n) is 5.38. The van der Waals surface area contributed by atoms with Gasteiger partial charge in [-0.25, -0.2) is 0 Å².